The second-order valence-electron chi connectivity index (χ2n) is 8.18. The van der Waals surface area contributed by atoms with Gasteiger partial charge in [-0.2, -0.15) is 0 Å². The van der Waals surface area contributed by atoms with E-state index in [1.807, 2.05) is 12.1 Å². The summed E-state index contributed by atoms with van der Waals surface area (Å²) in [6.07, 6.45) is 2.90. The maximum absolute atomic E-state index is 12.7. The predicted octanol–water partition coefficient (Wildman–Crippen LogP) is 3.45. The van der Waals surface area contributed by atoms with Crippen molar-refractivity contribution in [3.63, 3.8) is 0 Å². The first-order valence-corrected chi connectivity index (χ1v) is 10.6. The van der Waals surface area contributed by atoms with Crippen molar-refractivity contribution < 1.29 is 4.79 Å². The van der Waals surface area contributed by atoms with E-state index < -0.39 is 0 Å². The van der Waals surface area contributed by atoms with Crippen molar-refractivity contribution in [2.24, 2.45) is 13.0 Å². The molecule has 1 atom stereocenters. The van der Waals surface area contributed by atoms with Crippen LogP contribution in [0.15, 0.2) is 48.5 Å². The van der Waals surface area contributed by atoms with Crippen LogP contribution in [-0.2, 0) is 24.8 Å². The Morgan fingerprint density at radius 2 is 2.07 bits per heavy atom. The first-order valence-electron chi connectivity index (χ1n) is 10.6. The van der Waals surface area contributed by atoms with Crippen molar-refractivity contribution in [1.82, 2.24) is 19.8 Å². The minimum Gasteiger partial charge on any atom is -0.355 e. The molecule has 1 aliphatic heterocycles. The molecule has 152 valence electrons. The number of imidazole rings is 1. The van der Waals surface area contributed by atoms with Crippen LogP contribution in [-0.4, -0.2) is 40.0 Å². The number of piperidine rings is 1. The number of amides is 1. The monoisotopic (exact) mass is 390 g/mol. The van der Waals surface area contributed by atoms with Crippen LogP contribution in [0.1, 0.15) is 29.8 Å². The highest BCUT2D eigenvalue weighted by Crippen LogP contribution is 2.21. The first-order chi connectivity index (χ1) is 14.1. The van der Waals surface area contributed by atoms with E-state index in [-0.39, 0.29) is 11.8 Å². The summed E-state index contributed by atoms with van der Waals surface area (Å²) in [5.74, 6) is 1.31. The number of nitrogens with one attached hydrogen (secondary N) is 1. The second-order valence-corrected chi connectivity index (χ2v) is 8.18. The first kappa shape index (κ1) is 19.6. The molecule has 1 aliphatic rings. The number of carbonyl (C=O) groups excluding carboxylic acids is 1. The lowest BCUT2D eigenvalue weighted by atomic mass is 9.97. The van der Waals surface area contributed by atoms with Crippen LogP contribution < -0.4 is 5.32 Å². The van der Waals surface area contributed by atoms with Gasteiger partial charge in [0.25, 0.3) is 0 Å². The quantitative estimate of drug-likeness (QED) is 0.701. The summed E-state index contributed by atoms with van der Waals surface area (Å²) in [7, 11) is 2.07. The fraction of sp³-hybridized carbons (Fsp3) is 0.417. The lowest BCUT2D eigenvalue weighted by Gasteiger charge is -2.31. The van der Waals surface area contributed by atoms with Crippen LogP contribution in [0.3, 0.4) is 0 Å². The Morgan fingerprint density at radius 1 is 1.21 bits per heavy atom. The van der Waals surface area contributed by atoms with Gasteiger partial charge in [-0.15, -0.1) is 0 Å². The SMILES string of the molecule is Cc1cccc(CCNC(=O)[C@H]2CCCN(Cc3nc4ccccc4n3C)C2)c1. The zero-order valence-corrected chi connectivity index (χ0v) is 17.4. The molecule has 0 saturated carbocycles. The topological polar surface area (TPSA) is 50.2 Å². The molecule has 5 heteroatoms. The summed E-state index contributed by atoms with van der Waals surface area (Å²) >= 11 is 0. The van der Waals surface area contributed by atoms with Gasteiger partial charge in [0.2, 0.25) is 5.91 Å². The summed E-state index contributed by atoms with van der Waals surface area (Å²) in [6, 6.07) is 16.7. The molecule has 0 aliphatic carbocycles. The molecule has 4 rings (SSSR count). The maximum atomic E-state index is 12.7. The molecular formula is C24H30N4O. The van der Waals surface area contributed by atoms with Gasteiger partial charge in [-0.25, -0.2) is 4.98 Å². The fourth-order valence-electron chi connectivity index (χ4n) is 4.29. The molecule has 2 heterocycles. The number of para-hydroxylation sites is 2. The van der Waals surface area contributed by atoms with Crippen molar-refractivity contribution in [3.05, 3.63) is 65.5 Å². The average molecular weight is 391 g/mol. The molecule has 0 bridgehead atoms. The van der Waals surface area contributed by atoms with E-state index in [2.05, 4.69) is 65.2 Å². The number of benzene rings is 2. The Kier molecular flexibility index (Phi) is 5.95. The van der Waals surface area contributed by atoms with Crippen LogP contribution in [0.25, 0.3) is 11.0 Å². The van der Waals surface area contributed by atoms with Gasteiger partial charge in [0, 0.05) is 20.1 Å². The number of fused-ring (bicyclic) bond motifs is 1. The van der Waals surface area contributed by atoms with Gasteiger partial charge in [0.1, 0.15) is 5.82 Å². The van der Waals surface area contributed by atoms with E-state index in [4.69, 9.17) is 4.98 Å². The number of hydrogen-bond acceptors (Lipinski definition) is 3. The summed E-state index contributed by atoms with van der Waals surface area (Å²) in [4.78, 5) is 19.9. The largest absolute Gasteiger partial charge is 0.355 e. The maximum Gasteiger partial charge on any atom is 0.224 e. The van der Waals surface area contributed by atoms with E-state index in [9.17, 15) is 4.79 Å². The fourth-order valence-corrected chi connectivity index (χ4v) is 4.29. The number of aryl methyl sites for hydroxylation is 2. The molecule has 1 fully saturated rings. The molecule has 0 spiro atoms. The van der Waals surface area contributed by atoms with Gasteiger partial charge in [0.15, 0.2) is 0 Å². The van der Waals surface area contributed by atoms with Gasteiger partial charge >= 0.3 is 0 Å². The average Bonchev–Trinajstić information content (AvgIpc) is 3.04. The molecular weight excluding hydrogens is 360 g/mol. The Morgan fingerprint density at radius 3 is 2.90 bits per heavy atom. The highest BCUT2D eigenvalue weighted by atomic mass is 16.1. The van der Waals surface area contributed by atoms with Gasteiger partial charge < -0.3 is 9.88 Å². The van der Waals surface area contributed by atoms with Crippen molar-refractivity contribution in [2.75, 3.05) is 19.6 Å². The lowest BCUT2D eigenvalue weighted by molar-refractivity contribution is -0.126. The molecule has 3 aromatic rings. The number of hydrogen-bond donors (Lipinski definition) is 1. The van der Waals surface area contributed by atoms with Crippen LogP contribution in [0.4, 0.5) is 0 Å². The van der Waals surface area contributed by atoms with E-state index in [1.165, 1.54) is 11.1 Å². The standard InChI is InChI=1S/C24H30N4O/c1-18-7-5-8-19(15-18)12-13-25-24(29)20-9-6-14-28(16-20)17-23-26-21-10-3-4-11-22(21)27(23)2/h3-5,7-8,10-11,15,20H,6,9,12-14,16-17H2,1-2H3,(H,25,29)/t20-/m0/s1. The summed E-state index contributed by atoms with van der Waals surface area (Å²) in [5.41, 5.74) is 4.73. The van der Waals surface area contributed by atoms with Crippen LogP contribution in [0, 0.1) is 12.8 Å². The highest BCUT2D eigenvalue weighted by Gasteiger charge is 2.26. The molecule has 1 amide bonds. The third kappa shape index (κ3) is 4.67. The molecule has 1 aromatic heterocycles. The van der Waals surface area contributed by atoms with Crippen molar-refractivity contribution in [3.8, 4) is 0 Å². The Hall–Kier alpha value is -2.66. The van der Waals surface area contributed by atoms with Crippen LogP contribution in [0.2, 0.25) is 0 Å². The predicted molar refractivity (Wildman–Crippen MR) is 117 cm³/mol. The molecule has 1 N–H and O–H groups in total. The molecule has 29 heavy (non-hydrogen) atoms. The highest BCUT2D eigenvalue weighted by molar-refractivity contribution is 5.79. The number of aromatic nitrogens is 2. The number of rotatable bonds is 6. The Balaban J connectivity index is 1.31. The van der Waals surface area contributed by atoms with Gasteiger partial charge in [0.05, 0.1) is 23.5 Å². The Labute approximate surface area is 172 Å². The van der Waals surface area contributed by atoms with E-state index >= 15 is 0 Å². The molecule has 2 aromatic carbocycles. The van der Waals surface area contributed by atoms with Crippen molar-refractivity contribution in [1.29, 1.82) is 0 Å². The zero-order valence-electron chi connectivity index (χ0n) is 17.4. The third-order valence-electron chi connectivity index (χ3n) is 5.92. The lowest BCUT2D eigenvalue weighted by Crippen LogP contribution is -2.43. The normalized spacial score (nSPS) is 17.5. The molecule has 5 nitrogen and oxygen atoms in total. The van der Waals surface area contributed by atoms with Crippen LogP contribution in [0.5, 0.6) is 0 Å². The summed E-state index contributed by atoms with van der Waals surface area (Å²) in [5, 5.41) is 3.15. The molecule has 1 saturated heterocycles. The van der Waals surface area contributed by atoms with E-state index in [0.29, 0.717) is 6.54 Å². The minimum atomic E-state index is 0.0657. The number of likely N-dealkylation sites (tertiary alicyclic amines) is 1. The van der Waals surface area contributed by atoms with Crippen LogP contribution >= 0.6 is 0 Å². The summed E-state index contributed by atoms with van der Waals surface area (Å²) in [6.45, 7) is 5.42. The van der Waals surface area contributed by atoms with E-state index in [0.717, 1.165) is 55.8 Å². The van der Waals surface area contributed by atoms with Crippen molar-refractivity contribution >= 4 is 16.9 Å². The minimum absolute atomic E-state index is 0.0657. The van der Waals surface area contributed by atoms with E-state index in [1.54, 1.807) is 0 Å². The second kappa shape index (κ2) is 8.78. The number of nitrogens with zero attached hydrogens (tertiary/aromatic N) is 3. The number of carbonyl (C=O) groups is 1. The zero-order chi connectivity index (χ0) is 20.2. The van der Waals surface area contributed by atoms with Gasteiger partial charge in [-0.05, 0) is 50.4 Å². The van der Waals surface area contributed by atoms with Gasteiger partial charge in [-0.3, -0.25) is 9.69 Å². The molecule has 0 radical (unpaired) electrons. The third-order valence-corrected chi connectivity index (χ3v) is 5.92. The Bertz CT molecular complexity index is 993. The molecule has 0 unspecified atom stereocenters. The van der Waals surface area contributed by atoms with Crippen molar-refractivity contribution in [2.45, 2.75) is 32.7 Å². The summed E-state index contributed by atoms with van der Waals surface area (Å²) < 4.78 is 2.17. The smallest absolute Gasteiger partial charge is 0.224 e. The van der Waals surface area contributed by atoms with Gasteiger partial charge in [-0.1, -0.05) is 42.0 Å².